The number of hydrogen-bond acceptors (Lipinski definition) is 5. The van der Waals surface area contributed by atoms with Crippen LogP contribution >= 0.6 is 12.4 Å². The second-order valence-electron chi connectivity index (χ2n) is 5.24. The van der Waals surface area contributed by atoms with Gasteiger partial charge in [-0.25, -0.2) is 0 Å². The van der Waals surface area contributed by atoms with Gasteiger partial charge in [-0.15, -0.1) is 12.4 Å². The van der Waals surface area contributed by atoms with Crippen molar-refractivity contribution in [1.29, 1.82) is 0 Å². The summed E-state index contributed by atoms with van der Waals surface area (Å²) >= 11 is 0. The van der Waals surface area contributed by atoms with Gasteiger partial charge in [0, 0.05) is 6.42 Å². The number of amides is 1. The van der Waals surface area contributed by atoms with Crippen molar-refractivity contribution < 1.29 is 9.32 Å². The Kier molecular flexibility index (Phi) is 5.75. The fraction of sp³-hybridized carbons (Fsp3) is 0.750. The number of nitrogens with zero attached hydrogens (tertiary/aromatic N) is 2. The maximum absolute atomic E-state index is 11.6. The van der Waals surface area contributed by atoms with Gasteiger partial charge in [0.1, 0.15) is 0 Å². The first-order chi connectivity index (χ1) is 8.56. The van der Waals surface area contributed by atoms with E-state index in [1.54, 1.807) is 0 Å². The molecule has 1 saturated carbocycles. The number of nitrogens with one attached hydrogen (secondary N) is 1. The van der Waals surface area contributed by atoms with E-state index in [4.69, 9.17) is 10.3 Å². The fourth-order valence-corrected chi connectivity index (χ4v) is 1.61. The number of hydrogen-bond donors (Lipinski definition) is 2. The van der Waals surface area contributed by atoms with E-state index in [1.165, 1.54) is 12.8 Å². The maximum atomic E-state index is 11.6. The second kappa shape index (κ2) is 6.86. The third-order valence-corrected chi connectivity index (χ3v) is 3.11. The van der Waals surface area contributed by atoms with Crippen molar-refractivity contribution in [2.45, 2.75) is 45.7 Å². The SMILES string of the molecule is CC(C)[C@H](N)C(=O)NCc1nc(CC2CC2)no1.Cl. The summed E-state index contributed by atoms with van der Waals surface area (Å²) in [4.78, 5) is 15.9. The van der Waals surface area contributed by atoms with Gasteiger partial charge in [-0.05, 0) is 24.7 Å². The Hall–Kier alpha value is -1.14. The highest BCUT2D eigenvalue weighted by molar-refractivity contribution is 5.85. The molecule has 0 bridgehead atoms. The predicted octanol–water partition coefficient (Wildman–Crippen LogP) is 1.04. The summed E-state index contributed by atoms with van der Waals surface area (Å²) in [6.45, 7) is 4.06. The molecule has 1 aromatic rings. The van der Waals surface area contributed by atoms with Crippen molar-refractivity contribution in [3.05, 3.63) is 11.7 Å². The quantitative estimate of drug-likeness (QED) is 0.816. The van der Waals surface area contributed by atoms with Gasteiger partial charge in [0.15, 0.2) is 5.82 Å². The standard InChI is InChI=1S/C12H20N4O2.ClH/c1-7(2)11(13)12(17)14-6-10-15-9(16-18-10)5-8-3-4-8;/h7-8,11H,3-6,13H2,1-2H3,(H,14,17);1H/t11-;/m0./s1. The molecule has 19 heavy (non-hydrogen) atoms. The summed E-state index contributed by atoms with van der Waals surface area (Å²) in [6, 6.07) is -0.501. The van der Waals surface area contributed by atoms with Crippen molar-refractivity contribution >= 4 is 18.3 Å². The molecule has 1 aliphatic carbocycles. The second-order valence-corrected chi connectivity index (χ2v) is 5.24. The number of rotatable bonds is 6. The van der Waals surface area contributed by atoms with Crippen LogP contribution in [-0.4, -0.2) is 22.1 Å². The maximum Gasteiger partial charge on any atom is 0.246 e. The molecular formula is C12H21ClN4O2. The average molecular weight is 289 g/mol. The Bertz CT molecular complexity index is 418. The lowest BCUT2D eigenvalue weighted by Crippen LogP contribution is -2.43. The minimum atomic E-state index is -0.501. The van der Waals surface area contributed by atoms with Crippen molar-refractivity contribution in [3.63, 3.8) is 0 Å². The zero-order valence-electron chi connectivity index (χ0n) is 11.3. The number of carbonyl (C=O) groups is 1. The third-order valence-electron chi connectivity index (χ3n) is 3.11. The molecule has 0 saturated heterocycles. The van der Waals surface area contributed by atoms with Crippen LogP contribution in [-0.2, 0) is 17.8 Å². The molecule has 1 heterocycles. The lowest BCUT2D eigenvalue weighted by atomic mass is 10.1. The molecule has 7 heteroatoms. The van der Waals surface area contributed by atoms with Crippen molar-refractivity contribution in [1.82, 2.24) is 15.5 Å². The summed E-state index contributed by atoms with van der Waals surface area (Å²) in [5, 5.41) is 6.59. The highest BCUT2D eigenvalue weighted by atomic mass is 35.5. The minimum Gasteiger partial charge on any atom is -0.346 e. The highest BCUT2D eigenvalue weighted by Crippen LogP contribution is 2.31. The zero-order chi connectivity index (χ0) is 13.1. The molecule has 0 aromatic carbocycles. The molecule has 0 aliphatic heterocycles. The van der Waals surface area contributed by atoms with Gasteiger partial charge in [-0.3, -0.25) is 4.79 Å². The van der Waals surface area contributed by atoms with Crippen molar-refractivity contribution in [3.8, 4) is 0 Å². The van der Waals surface area contributed by atoms with Gasteiger partial charge in [0.2, 0.25) is 11.8 Å². The van der Waals surface area contributed by atoms with Crippen LogP contribution in [0.15, 0.2) is 4.52 Å². The van der Waals surface area contributed by atoms with Crippen LogP contribution in [0.5, 0.6) is 0 Å². The molecule has 2 rings (SSSR count). The van der Waals surface area contributed by atoms with Gasteiger partial charge in [-0.2, -0.15) is 4.98 Å². The van der Waals surface area contributed by atoms with Crippen LogP contribution < -0.4 is 11.1 Å². The number of nitrogens with two attached hydrogens (primary N) is 1. The van der Waals surface area contributed by atoms with Gasteiger partial charge in [0.05, 0.1) is 12.6 Å². The molecule has 1 atom stereocenters. The molecule has 1 aliphatic rings. The summed E-state index contributed by atoms with van der Waals surface area (Å²) < 4.78 is 5.07. The first-order valence-electron chi connectivity index (χ1n) is 6.41. The van der Waals surface area contributed by atoms with E-state index in [-0.39, 0.29) is 30.8 Å². The normalized spacial score (nSPS) is 16.0. The van der Waals surface area contributed by atoms with Gasteiger partial charge < -0.3 is 15.6 Å². The van der Waals surface area contributed by atoms with Crippen LogP contribution in [0.2, 0.25) is 0 Å². The topological polar surface area (TPSA) is 94.0 Å². The molecule has 0 radical (unpaired) electrons. The van der Waals surface area contributed by atoms with E-state index in [2.05, 4.69) is 15.5 Å². The average Bonchev–Trinajstić information content (AvgIpc) is 3.03. The van der Waals surface area contributed by atoms with E-state index in [0.717, 1.165) is 18.2 Å². The Morgan fingerprint density at radius 3 is 2.79 bits per heavy atom. The Balaban J connectivity index is 0.00000180. The van der Waals surface area contributed by atoms with Crippen LogP contribution in [0, 0.1) is 11.8 Å². The monoisotopic (exact) mass is 288 g/mol. The molecular weight excluding hydrogens is 268 g/mol. The van der Waals surface area contributed by atoms with E-state index in [1.807, 2.05) is 13.8 Å². The third kappa shape index (κ3) is 4.80. The Morgan fingerprint density at radius 2 is 2.21 bits per heavy atom. The summed E-state index contributed by atoms with van der Waals surface area (Å²) in [5.74, 6) is 1.81. The number of aromatic nitrogens is 2. The van der Waals surface area contributed by atoms with E-state index in [0.29, 0.717) is 5.89 Å². The molecule has 6 nitrogen and oxygen atoms in total. The van der Waals surface area contributed by atoms with Crippen molar-refractivity contribution in [2.75, 3.05) is 0 Å². The van der Waals surface area contributed by atoms with Crippen molar-refractivity contribution in [2.24, 2.45) is 17.6 Å². The van der Waals surface area contributed by atoms with Crippen LogP contribution in [0.1, 0.15) is 38.4 Å². The zero-order valence-corrected chi connectivity index (χ0v) is 12.1. The Labute approximate surface area is 118 Å². The van der Waals surface area contributed by atoms with E-state index < -0.39 is 6.04 Å². The Morgan fingerprint density at radius 1 is 1.53 bits per heavy atom. The number of halogens is 1. The molecule has 0 spiro atoms. The van der Waals surface area contributed by atoms with E-state index >= 15 is 0 Å². The van der Waals surface area contributed by atoms with Gasteiger partial charge >= 0.3 is 0 Å². The first kappa shape index (κ1) is 15.9. The molecule has 1 fully saturated rings. The van der Waals surface area contributed by atoms with Gasteiger partial charge in [-0.1, -0.05) is 19.0 Å². The van der Waals surface area contributed by atoms with E-state index in [9.17, 15) is 4.79 Å². The largest absolute Gasteiger partial charge is 0.346 e. The van der Waals surface area contributed by atoms with Crippen LogP contribution in [0.3, 0.4) is 0 Å². The first-order valence-corrected chi connectivity index (χ1v) is 6.41. The molecule has 3 N–H and O–H groups in total. The highest BCUT2D eigenvalue weighted by Gasteiger charge is 2.24. The van der Waals surface area contributed by atoms with Crippen LogP contribution in [0.25, 0.3) is 0 Å². The molecule has 1 amide bonds. The molecule has 0 unspecified atom stereocenters. The number of carbonyl (C=O) groups excluding carboxylic acids is 1. The smallest absolute Gasteiger partial charge is 0.246 e. The molecule has 1 aromatic heterocycles. The van der Waals surface area contributed by atoms with Crippen LogP contribution in [0.4, 0.5) is 0 Å². The predicted molar refractivity (Wildman–Crippen MR) is 72.6 cm³/mol. The lowest BCUT2D eigenvalue weighted by molar-refractivity contribution is -0.123. The molecule has 108 valence electrons. The van der Waals surface area contributed by atoms with Gasteiger partial charge in [0.25, 0.3) is 0 Å². The fourth-order valence-electron chi connectivity index (χ4n) is 1.61. The lowest BCUT2D eigenvalue weighted by Gasteiger charge is -2.14. The summed E-state index contributed by atoms with van der Waals surface area (Å²) in [7, 11) is 0. The minimum absolute atomic E-state index is 0. The summed E-state index contributed by atoms with van der Waals surface area (Å²) in [6.07, 6.45) is 3.39. The summed E-state index contributed by atoms with van der Waals surface area (Å²) in [5.41, 5.74) is 5.72.